The van der Waals surface area contributed by atoms with Gasteiger partial charge in [0.2, 0.25) is 0 Å². The number of rotatable bonds is 4. The van der Waals surface area contributed by atoms with Crippen LogP contribution in [-0.2, 0) is 12.8 Å². The van der Waals surface area contributed by atoms with Crippen molar-refractivity contribution in [2.75, 3.05) is 0 Å². The smallest absolute Gasteiger partial charge is 0.125 e. The van der Waals surface area contributed by atoms with Crippen LogP contribution in [0.2, 0.25) is 0 Å². The average molecular weight is 208 g/mol. The number of hydrogen-bond acceptors (Lipinski definition) is 3. The van der Waals surface area contributed by atoms with E-state index in [2.05, 4.69) is 16.9 Å². The molecule has 1 heterocycles. The summed E-state index contributed by atoms with van der Waals surface area (Å²) in [4.78, 5) is 8.64. The van der Waals surface area contributed by atoms with Gasteiger partial charge < -0.3 is 5.11 Å². The van der Waals surface area contributed by atoms with Crippen LogP contribution < -0.4 is 0 Å². The van der Waals surface area contributed by atoms with Crippen LogP contribution in [0.25, 0.3) is 0 Å². The monoisotopic (exact) mass is 208 g/mol. The molecule has 0 aliphatic carbocycles. The molecule has 15 heavy (non-hydrogen) atoms. The molecule has 0 saturated heterocycles. The third-order valence-electron chi connectivity index (χ3n) is 2.49. The molecule has 3 heteroatoms. The van der Waals surface area contributed by atoms with Gasteiger partial charge in [0.05, 0.1) is 6.10 Å². The molecule has 0 amide bonds. The Labute approximate surface area is 91.6 Å². The van der Waals surface area contributed by atoms with E-state index >= 15 is 0 Å². The van der Waals surface area contributed by atoms with E-state index in [0.717, 1.165) is 23.6 Å². The van der Waals surface area contributed by atoms with Gasteiger partial charge in [-0.3, -0.25) is 0 Å². The summed E-state index contributed by atoms with van der Waals surface area (Å²) in [6.45, 7) is 7.99. The fourth-order valence-corrected chi connectivity index (χ4v) is 1.43. The Morgan fingerprint density at radius 2 is 1.87 bits per heavy atom. The van der Waals surface area contributed by atoms with Gasteiger partial charge in [-0.25, -0.2) is 9.97 Å². The first-order valence-corrected chi connectivity index (χ1v) is 5.54. The fourth-order valence-electron chi connectivity index (χ4n) is 1.43. The van der Waals surface area contributed by atoms with Crippen LogP contribution in [0.3, 0.4) is 0 Å². The van der Waals surface area contributed by atoms with Gasteiger partial charge in [0.15, 0.2) is 0 Å². The third-order valence-corrected chi connectivity index (χ3v) is 2.49. The molecule has 1 aromatic rings. The Balaban J connectivity index is 2.80. The van der Waals surface area contributed by atoms with Crippen molar-refractivity contribution < 1.29 is 5.11 Å². The molecule has 3 nitrogen and oxygen atoms in total. The topological polar surface area (TPSA) is 46.0 Å². The van der Waals surface area contributed by atoms with Gasteiger partial charge in [0.1, 0.15) is 5.82 Å². The predicted molar refractivity (Wildman–Crippen MR) is 60.7 cm³/mol. The quantitative estimate of drug-likeness (QED) is 0.822. The molecule has 0 radical (unpaired) electrons. The molecular formula is C12H20N2O. The number of aromatic nitrogens is 2. The Morgan fingerprint density at radius 3 is 2.40 bits per heavy atom. The SMILES string of the molecule is CCc1cc(CC(O)C(C)C)nc(C)n1. The zero-order chi connectivity index (χ0) is 11.4. The fraction of sp³-hybridized carbons (Fsp3) is 0.667. The third kappa shape index (κ3) is 3.59. The van der Waals surface area contributed by atoms with Crippen LogP contribution in [-0.4, -0.2) is 21.2 Å². The van der Waals surface area contributed by atoms with Crippen molar-refractivity contribution in [3.8, 4) is 0 Å². The highest BCUT2D eigenvalue weighted by Crippen LogP contribution is 2.10. The standard InChI is InChI=1S/C12H20N2O/c1-5-10-6-11(14-9(4)13-10)7-12(15)8(2)3/h6,8,12,15H,5,7H2,1-4H3. The molecule has 1 unspecified atom stereocenters. The first-order valence-electron chi connectivity index (χ1n) is 5.54. The predicted octanol–water partition coefficient (Wildman–Crippen LogP) is 1.91. The molecule has 0 saturated carbocycles. The van der Waals surface area contributed by atoms with Gasteiger partial charge in [-0.15, -0.1) is 0 Å². The Morgan fingerprint density at radius 1 is 1.27 bits per heavy atom. The van der Waals surface area contributed by atoms with Crippen LogP contribution in [0.5, 0.6) is 0 Å². The molecule has 1 N–H and O–H groups in total. The van der Waals surface area contributed by atoms with E-state index in [1.165, 1.54) is 0 Å². The minimum Gasteiger partial charge on any atom is -0.392 e. The van der Waals surface area contributed by atoms with Gasteiger partial charge in [0.25, 0.3) is 0 Å². The van der Waals surface area contributed by atoms with E-state index in [0.29, 0.717) is 6.42 Å². The average Bonchev–Trinajstić information content (AvgIpc) is 2.16. The number of aliphatic hydroxyl groups is 1. The molecule has 0 spiro atoms. The van der Waals surface area contributed by atoms with Crippen LogP contribution in [0, 0.1) is 12.8 Å². The number of aliphatic hydroxyl groups excluding tert-OH is 1. The van der Waals surface area contributed by atoms with Crippen molar-refractivity contribution in [1.82, 2.24) is 9.97 Å². The molecule has 0 aromatic carbocycles. The second-order valence-corrected chi connectivity index (χ2v) is 4.27. The van der Waals surface area contributed by atoms with E-state index in [9.17, 15) is 5.11 Å². The number of nitrogens with zero attached hydrogens (tertiary/aromatic N) is 2. The summed E-state index contributed by atoms with van der Waals surface area (Å²) in [6.07, 6.45) is 1.21. The van der Waals surface area contributed by atoms with Crippen LogP contribution in [0.4, 0.5) is 0 Å². The maximum Gasteiger partial charge on any atom is 0.125 e. The van der Waals surface area contributed by atoms with Crippen molar-refractivity contribution in [2.45, 2.75) is 46.6 Å². The van der Waals surface area contributed by atoms with Crippen molar-refractivity contribution >= 4 is 0 Å². The summed E-state index contributed by atoms with van der Waals surface area (Å²) in [7, 11) is 0. The molecule has 1 rings (SSSR count). The molecule has 1 aromatic heterocycles. The molecule has 0 bridgehead atoms. The second-order valence-electron chi connectivity index (χ2n) is 4.27. The summed E-state index contributed by atoms with van der Waals surface area (Å²) < 4.78 is 0. The summed E-state index contributed by atoms with van der Waals surface area (Å²) >= 11 is 0. The van der Waals surface area contributed by atoms with Crippen LogP contribution in [0.15, 0.2) is 6.07 Å². The first kappa shape index (κ1) is 12.1. The van der Waals surface area contributed by atoms with Crippen molar-refractivity contribution in [3.05, 3.63) is 23.3 Å². The molecule has 1 atom stereocenters. The first-order chi connectivity index (χ1) is 7.02. The summed E-state index contributed by atoms with van der Waals surface area (Å²) in [5, 5.41) is 9.77. The highest BCUT2D eigenvalue weighted by molar-refractivity contribution is 5.12. The molecule has 0 fully saturated rings. The lowest BCUT2D eigenvalue weighted by molar-refractivity contribution is 0.124. The number of hydrogen-bond donors (Lipinski definition) is 1. The van der Waals surface area contributed by atoms with Crippen molar-refractivity contribution in [1.29, 1.82) is 0 Å². The second kappa shape index (κ2) is 5.21. The molecule has 84 valence electrons. The van der Waals surface area contributed by atoms with Gasteiger partial charge in [0, 0.05) is 17.8 Å². The van der Waals surface area contributed by atoms with Gasteiger partial charge in [-0.05, 0) is 25.3 Å². The Hall–Kier alpha value is -0.960. The van der Waals surface area contributed by atoms with E-state index < -0.39 is 0 Å². The summed E-state index contributed by atoms with van der Waals surface area (Å²) in [5.41, 5.74) is 1.99. The zero-order valence-electron chi connectivity index (χ0n) is 9.99. The van der Waals surface area contributed by atoms with Gasteiger partial charge in [-0.2, -0.15) is 0 Å². The lowest BCUT2D eigenvalue weighted by Crippen LogP contribution is -2.19. The molecule has 0 aliphatic rings. The van der Waals surface area contributed by atoms with Crippen molar-refractivity contribution in [2.24, 2.45) is 5.92 Å². The van der Waals surface area contributed by atoms with Crippen LogP contribution >= 0.6 is 0 Å². The highest BCUT2D eigenvalue weighted by atomic mass is 16.3. The Bertz CT molecular complexity index is 323. The Kier molecular flexibility index (Phi) is 4.21. The van der Waals surface area contributed by atoms with E-state index in [1.54, 1.807) is 0 Å². The van der Waals surface area contributed by atoms with Gasteiger partial charge in [-0.1, -0.05) is 20.8 Å². The van der Waals surface area contributed by atoms with E-state index in [1.807, 2.05) is 26.8 Å². The maximum atomic E-state index is 9.77. The minimum absolute atomic E-state index is 0.269. The lowest BCUT2D eigenvalue weighted by Gasteiger charge is -2.14. The van der Waals surface area contributed by atoms with Crippen molar-refractivity contribution in [3.63, 3.8) is 0 Å². The van der Waals surface area contributed by atoms with Crippen LogP contribution in [0.1, 0.15) is 38.0 Å². The zero-order valence-corrected chi connectivity index (χ0v) is 9.99. The van der Waals surface area contributed by atoms with Gasteiger partial charge >= 0.3 is 0 Å². The normalized spacial score (nSPS) is 13.2. The minimum atomic E-state index is -0.316. The molecule has 0 aliphatic heterocycles. The largest absolute Gasteiger partial charge is 0.392 e. The molecular weight excluding hydrogens is 188 g/mol. The lowest BCUT2D eigenvalue weighted by atomic mass is 10.0. The summed E-state index contributed by atoms with van der Waals surface area (Å²) in [6, 6.07) is 1.98. The van der Waals surface area contributed by atoms with E-state index in [-0.39, 0.29) is 12.0 Å². The maximum absolute atomic E-state index is 9.77. The highest BCUT2D eigenvalue weighted by Gasteiger charge is 2.11. The van der Waals surface area contributed by atoms with E-state index in [4.69, 9.17) is 0 Å². The summed E-state index contributed by atoms with van der Waals surface area (Å²) in [5.74, 6) is 1.06. The number of aryl methyl sites for hydroxylation is 2.